The van der Waals surface area contributed by atoms with Crippen LogP contribution in [0.15, 0.2) is 216 Å². The monoisotopic (exact) mass is 716 g/mol. The number of hydrogen-bond acceptors (Lipinski definition) is 4. The minimum absolute atomic E-state index is 0.238. The van der Waals surface area contributed by atoms with Gasteiger partial charge in [0.15, 0.2) is 5.84 Å². The number of hydrogen-bond donors (Lipinski definition) is 1. The molecule has 0 saturated heterocycles. The number of nitrogens with zero attached hydrogens (tertiary/aromatic N) is 3. The summed E-state index contributed by atoms with van der Waals surface area (Å²) in [6, 6.07) is 74.1. The van der Waals surface area contributed by atoms with E-state index in [-0.39, 0.29) is 6.17 Å². The molecule has 8 aromatic rings. The Balaban J connectivity index is 1.01. The van der Waals surface area contributed by atoms with Gasteiger partial charge in [0.1, 0.15) is 12.0 Å². The number of nitrogens with one attached hydrogen (secondary N) is 1. The van der Waals surface area contributed by atoms with Gasteiger partial charge in [0.2, 0.25) is 0 Å². The van der Waals surface area contributed by atoms with Gasteiger partial charge in [-0.1, -0.05) is 176 Å². The fourth-order valence-electron chi connectivity index (χ4n) is 9.08. The van der Waals surface area contributed by atoms with E-state index in [1.807, 2.05) is 24.3 Å². The molecule has 2 heterocycles. The Labute approximate surface area is 326 Å². The third-order valence-corrected chi connectivity index (χ3v) is 11.5. The largest absolute Gasteiger partial charge is 0.344 e. The van der Waals surface area contributed by atoms with Crippen molar-refractivity contribution in [1.82, 2.24) is 5.32 Å². The molecule has 264 valence electrons. The average Bonchev–Trinajstić information content (AvgIpc) is 3.57. The van der Waals surface area contributed by atoms with E-state index >= 15 is 0 Å². The van der Waals surface area contributed by atoms with Crippen LogP contribution >= 0.6 is 0 Å². The molecular weight excluding hydrogens is 681 g/mol. The van der Waals surface area contributed by atoms with Crippen molar-refractivity contribution in [2.24, 2.45) is 9.98 Å². The average molecular weight is 717 g/mol. The molecule has 4 nitrogen and oxygen atoms in total. The van der Waals surface area contributed by atoms with Gasteiger partial charge < -0.3 is 10.2 Å². The van der Waals surface area contributed by atoms with E-state index in [0.29, 0.717) is 0 Å². The summed E-state index contributed by atoms with van der Waals surface area (Å²) >= 11 is 0. The van der Waals surface area contributed by atoms with E-state index in [0.717, 1.165) is 39.6 Å². The van der Waals surface area contributed by atoms with Gasteiger partial charge in [-0.3, -0.25) is 0 Å². The highest BCUT2D eigenvalue weighted by atomic mass is 15.2. The zero-order valence-corrected chi connectivity index (χ0v) is 30.5. The molecule has 1 unspecified atom stereocenters. The maximum atomic E-state index is 5.03. The van der Waals surface area contributed by atoms with Crippen LogP contribution in [-0.2, 0) is 5.41 Å². The standard InChI is InChI=1S/C52H36N4/c1-4-16-36(17-5-1)49-53-50(37-18-6-2-7-19-37)55-51(54-49)38-30-28-35(29-31-38)39-32-33-44-42(34-39)41-22-10-11-23-43(41)52(44)45-24-12-14-26-47(45)56(40-20-8-3-9-21-40)48-27-15-13-25-46(48)52/h1-34,49H,(H,53,54,55). The SMILES string of the molecule is c1ccc(C2=NC(c3ccccc3)NC(c3ccc(-c4ccc5c(c4)-c4ccccc4C54c5ccccc5N(c5ccccc5)c5ccccc54)cc3)=N2)cc1. The number of aliphatic imine (C=N–C) groups is 2. The fraction of sp³-hybridized carbons (Fsp3) is 0.0385. The van der Waals surface area contributed by atoms with Crippen molar-refractivity contribution in [2.75, 3.05) is 4.90 Å². The van der Waals surface area contributed by atoms with Crippen molar-refractivity contribution in [3.05, 3.63) is 245 Å². The van der Waals surface area contributed by atoms with Crippen molar-refractivity contribution in [3.8, 4) is 22.3 Å². The Morgan fingerprint density at radius 2 is 0.964 bits per heavy atom. The Kier molecular flexibility index (Phi) is 7.42. The number of fused-ring (bicyclic) bond motifs is 9. The van der Waals surface area contributed by atoms with Crippen molar-refractivity contribution < 1.29 is 0 Å². The summed E-state index contributed by atoms with van der Waals surface area (Å²) in [4.78, 5) is 12.5. The van der Waals surface area contributed by atoms with Gasteiger partial charge in [-0.15, -0.1) is 0 Å². The molecule has 0 fully saturated rings. The highest BCUT2D eigenvalue weighted by Gasteiger charge is 2.51. The molecular formula is C52H36N4. The van der Waals surface area contributed by atoms with Crippen molar-refractivity contribution >= 4 is 28.7 Å². The molecule has 11 rings (SSSR count). The summed E-state index contributed by atoms with van der Waals surface area (Å²) in [6.07, 6.45) is -0.238. The summed E-state index contributed by atoms with van der Waals surface area (Å²) in [7, 11) is 0. The number of rotatable bonds is 5. The first-order valence-electron chi connectivity index (χ1n) is 19.2. The third-order valence-electron chi connectivity index (χ3n) is 11.5. The van der Waals surface area contributed by atoms with E-state index in [1.54, 1.807) is 0 Å². The van der Waals surface area contributed by atoms with Crippen LogP contribution in [0.4, 0.5) is 17.1 Å². The second kappa shape index (κ2) is 12.9. The highest BCUT2D eigenvalue weighted by molar-refractivity contribution is 6.13. The first-order valence-corrected chi connectivity index (χ1v) is 19.2. The summed E-state index contributed by atoms with van der Waals surface area (Å²) in [6.45, 7) is 0. The predicted octanol–water partition coefficient (Wildman–Crippen LogP) is 12.0. The van der Waals surface area contributed by atoms with Gasteiger partial charge in [0, 0.05) is 16.8 Å². The van der Waals surface area contributed by atoms with Gasteiger partial charge in [-0.25, -0.2) is 9.98 Å². The third kappa shape index (κ3) is 4.93. The second-order valence-corrected chi connectivity index (χ2v) is 14.6. The normalized spacial score (nSPS) is 15.8. The molecule has 2 aliphatic heterocycles. The lowest BCUT2D eigenvalue weighted by atomic mass is 9.64. The van der Waals surface area contributed by atoms with E-state index in [9.17, 15) is 0 Å². The molecule has 3 aliphatic rings. The Morgan fingerprint density at radius 1 is 0.429 bits per heavy atom. The van der Waals surface area contributed by atoms with Crippen molar-refractivity contribution in [1.29, 1.82) is 0 Å². The molecule has 8 aromatic carbocycles. The molecule has 0 saturated carbocycles. The summed E-state index contributed by atoms with van der Waals surface area (Å²) < 4.78 is 0. The van der Waals surface area contributed by atoms with Gasteiger partial charge in [-0.05, 0) is 80.4 Å². The first kappa shape index (κ1) is 32.2. The van der Waals surface area contributed by atoms with Crippen LogP contribution in [0.25, 0.3) is 22.3 Å². The van der Waals surface area contributed by atoms with Gasteiger partial charge in [0.05, 0.1) is 16.8 Å². The molecule has 0 amide bonds. The molecule has 0 aromatic heterocycles. The molecule has 1 N–H and O–H groups in total. The highest BCUT2D eigenvalue weighted by Crippen LogP contribution is 2.63. The second-order valence-electron chi connectivity index (χ2n) is 14.6. The Bertz CT molecular complexity index is 2780. The molecule has 0 bridgehead atoms. The van der Waals surface area contributed by atoms with E-state index in [1.165, 1.54) is 50.3 Å². The van der Waals surface area contributed by atoms with E-state index in [2.05, 4.69) is 192 Å². The topological polar surface area (TPSA) is 40.0 Å². The van der Waals surface area contributed by atoms with Crippen LogP contribution in [-0.4, -0.2) is 11.7 Å². The predicted molar refractivity (Wildman–Crippen MR) is 229 cm³/mol. The minimum atomic E-state index is -0.467. The smallest absolute Gasteiger partial charge is 0.159 e. The maximum absolute atomic E-state index is 5.03. The lowest BCUT2D eigenvalue weighted by molar-refractivity contribution is 0.674. The van der Waals surface area contributed by atoms with Crippen LogP contribution in [0, 0.1) is 0 Å². The Hall–Kier alpha value is -7.30. The van der Waals surface area contributed by atoms with Gasteiger partial charge in [-0.2, -0.15) is 0 Å². The molecule has 1 atom stereocenters. The van der Waals surface area contributed by atoms with Crippen LogP contribution in [0.3, 0.4) is 0 Å². The lowest BCUT2D eigenvalue weighted by Crippen LogP contribution is -2.36. The molecule has 1 aliphatic carbocycles. The van der Waals surface area contributed by atoms with Crippen molar-refractivity contribution in [3.63, 3.8) is 0 Å². The first-order chi connectivity index (χ1) is 27.8. The fourth-order valence-corrected chi connectivity index (χ4v) is 9.08. The minimum Gasteiger partial charge on any atom is -0.344 e. The van der Waals surface area contributed by atoms with Crippen LogP contribution in [0.5, 0.6) is 0 Å². The quantitative estimate of drug-likeness (QED) is 0.193. The van der Waals surface area contributed by atoms with Crippen molar-refractivity contribution in [2.45, 2.75) is 11.6 Å². The zero-order valence-electron chi connectivity index (χ0n) is 30.5. The maximum Gasteiger partial charge on any atom is 0.159 e. The summed E-state index contributed by atoms with van der Waals surface area (Å²) in [5.74, 6) is 1.53. The Morgan fingerprint density at radius 3 is 1.66 bits per heavy atom. The molecule has 56 heavy (non-hydrogen) atoms. The molecule has 1 spiro atoms. The van der Waals surface area contributed by atoms with Crippen LogP contribution < -0.4 is 10.2 Å². The lowest BCUT2D eigenvalue weighted by Gasteiger charge is -2.45. The van der Waals surface area contributed by atoms with E-state index in [4.69, 9.17) is 9.98 Å². The molecule has 4 heteroatoms. The van der Waals surface area contributed by atoms with Crippen LogP contribution in [0.1, 0.15) is 45.1 Å². The number of para-hydroxylation sites is 3. The number of anilines is 3. The van der Waals surface area contributed by atoms with Gasteiger partial charge >= 0.3 is 0 Å². The number of benzene rings is 8. The van der Waals surface area contributed by atoms with E-state index < -0.39 is 5.41 Å². The zero-order chi connectivity index (χ0) is 37.1. The molecule has 0 radical (unpaired) electrons. The summed E-state index contributed by atoms with van der Waals surface area (Å²) in [5, 5.41) is 3.61. The number of amidine groups is 2. The summed E-state index contributed by atoms with van der Waals surface area (Å²) in [5.41, 5.74) is 16.3. The van der Waals surface area contributed by atoms with Crippen LogP contribution in [0.2, 0.25) is 0 Å². The van der Waals surface area contributed by atoms with Gasteiger partial charge in [0.25, 0.3) is 0 Å².